The summed E-state index contributed by atoms with van der Waals surface area (Å²) in [7, 11) is 1.72. The zero-order chi connectivity index (χ0) is 18.0. The number of hydrogen-bond acceptors (Lipinski definition) is 3. The van der Waals surface area contributed by atoms with E-state index in [0.29, 0.717) is 10.5 Å². The molecule has 126 valence electrons. The summed E-state index contributed by atoms with van der Waals surface area (Å²) in [6, 6.07) is 20.3. The molecule has 2 aromatic carbocycles. The summed E-state index contributed by atoms with van der Waals surface area (Å²) in [4.78, 5) is 13.0. The molecule has 0 atom stereocenters. The first kappa shape index (κ1) is 17.1. The Morgan fingerprint density at radius 2 is 1.52 bits per heavy atom. The highest BCUT2D eigenvalue weighted by Crippen LogP contribution is 2.36. The quantitative estimate of drug-likeness (QED) is 0.705. The van der Waals surface area contributed by atoms with Gasteiger partial charge in [-0.2, -0.15) is 0 Å². The van der Waals surface area contributed by atoms with Crippen molar-refractivity contribution in [2.24, 2.45) is 12.8 Å². The predicted molar refractivity (Wildman–Crippen MR) is 106 cm³/mol. The van der Waals surface area contributed by atoms with Gasteiger partial charge in [0, 0.05) is 29.8 Å². The van der Waals surface area contributed by atoms with Crippen molar-refractivity contribution < 1.29 is 0 Å². The Morgan fingerprint density at radius 3 is 1.96 bits per heavy atom. The number of nitrogens with two attached hydrogens (primary N) is 1. The molecule has 1 aromatic heterocycles. The largest absolute Gasteiger partial charge is 0.399 e. The van der Waals surface area contributed by atoms with Crippen molar-refractivity contribution in [3.05, 3.63) is 106 Å². The van der Waals surface area contributed by atoms with E-state index in [9.17, 15) is 4.79 Å². The molecule has 0 saturated heterocycles. The fraction of sp³-hybridized carbons (Fsp3) is 0.0952. The average Bonchev–Trinajstić information content (AvgIpc) is 2.61. The van der Waals surface area contributed by atoms with E-state index in [-0.39, 0.29) is 17.2 Å². The predicted octanol–water partition coefficient (Wildman–Crippen LogP) is 3.78. The van der Waals surface area contributed by atoms with Gasteiger partial charge in [-0.05, 0) is 16.7 Å². The molecule has 3 nitrogen and oxygen atoms in total. The smallest absolute Gasteiger partial charge is 0.260 e. The van der Waals surface area contributed by atoms with E-state index >= 15 is 0 Å². The molecule has 0 saturated carbocycles. The maximum Gasteiger partial charge on any atom is 0.260 e. The fourth-order valence-electron chi connectivity index (χ4n) is 3.09. The zero-order valence-corrected chi connectivity index (χ0v) is 14.9. The molecule has 3 aromatic rings. The third-order valence-corrected chi connectivity index (χ3v) is 4.76. The van der Waals surface area contributed by atoms with E-state index in [0.717, 1.165) is 16.7 Å². The van der Waals surface area contributed by atoms with E-state index in [1.807, 2.05) is 42.6 Å². The van der Waals surface area contributed by atoms with Gasteiger partial charge in [0.2, 0.25) is 0 Å². The highest BCUT2D eigenvalue weighted by molar-refractivity contribution is 7.80. The van der Waals surface area contributed by atoms with Crippen molar-refractivity contribution in [3.63, 3.8) is 0 Å². The van der Waals surface area contributed by atoms with Gasteiger partial charge in [-0.25, -0.2) is 0 Å². The molecule has 0 amide bonds. The van der Waals surface area contributed by atoms with Gasteiger partial charge in [0.05, 0.1) is 5.56 Å². The van der Waals surface area contributed by atoms with E-state index in [2.05, 4.69) is 43.5 Å². The van der Waals surface area contributed by atoms with Crippen LogP contribution in [0.4, 0.5) is 0 Å². The van der Waals surface area contributed by atoms with E-state index in [4.69, 9.17) is 5.73 Å². The first-order valence-electron chi connectivity index (χ1n) is 7.98. The number of nitrogens with zero attached hydrogens (tertiary/aromatic N) is 1. The number of rotatable bonds is 4. The number of hydrogen-bond donors (Lipinski definition) is 2. The SMILES string of the molecule is C=C(N)c1c(S)c(C(c2ccccc2)c2ccccc2)cn(C)c1=O. The molecule has 0 spiro atoms. The normalized spacial score (nSPS) is 10.8. The second kappa shape index (κ2) is 7.03. The maximum absolute atomic E-state index is 12.5. The van der Waals surface area contributed by atoms with Crippen molar-refractivity contribution in [2.45, 2.75) is 10.8 Å². The van der Waals surface area contributed by atoms with Crippen LogP contribution in [0.3, 0.4) is 0 Å². The van der Waals surface area contributed by atoms with Crippen LogP contribution in [0.2, 0.25) is 0 Å². The molecular weight excluding hydrogens is 328 g/mol. The summed E-state index contributed by atoms with van der Waals surface area (Å²) in [5.74, 6) is -0.0557. The van der Waals surface area contributed by atoms with Crippen LogP contribution in [-0.4, -0.2) is 4.57 Å². The number of benzene rings is 2. The Bertz CT molecular complexity index is 923. The van der Waals surface area contributed by atoms with Gasteiger partial charge in [0.25, 0.3) is 5.56 Å². The van der Waals surface area contributed by atoms with Crippen LogP contribution < -0.4 is 11.3 Å². The van der Waals surface area contributed by atoms with Gasteiger partial charge >= 0.3 is 0 Å². The van der Waals surface area contributed by atoms with Gasteiger partial charge in [0.1, 0.15) is 0 Å². The lowest BCUT2D eigenvalue weighted by atomic mass is 9.85. The van der Waals surface area contributed by atoms with Crippen LogP contribution in [0.15, 0.2) is 83.1 Å². The Morgan fingerprint density at radius 1 is 1.04 bits per heavy atom. The Kier molecular flexibility index (Phi) is 4.81. The van der Waals surface area contributed by atoms with Crippen LogP contribution >= 0.6 is 12.6 Å². The summed E-state index contributed by atoms with van der Waals surface area (Å²) in [6.07, 6.45) is 1.84. The van der Waals surface area contributed by atoms with Gasteiger partial charge in [-0.3, -0.25) is 4.79 Å². The lowest BCUT2D eigenvalue weighted by Crippen LogP contribution is -2.25. The monoisotopic (exact) mass is 348 g/mol. The van der Waals surface area contributed by atoms with Gasteiger partial charge in [-0.15, -0.1) is 12.6 Å². The molecule has 0 radical (unpaired) electrons. The van der Waals surface area contributed by atoms with Crippen molar-refractivity contribution in [3.8, 4) is 0 Å². The number of thiol groups is 1. The second-order valence-corrected chi connectivity index (χ2v) is 6.45. The average molecular weight is 348 g/mol. The minimum absolute atomic E-state index is 0.0557. The van der Waals surface area contributed by atoms with E-state index in [1.54, 1.807) is 11.6 Å². The van der Waals surface area contributed by atoms with Crippen molar-refractivity contribution in [1.29, 1.82) is 0 Å². The summed E-state index contributed by atoms with van der Waals surface area (Å²) < 4.78 is 1.54. The van der Waals surface area contributed by atoms with E-state index in [1.165, 1.54) is 0 Å². The molecular formula is C21H20N2OS. The van der Waals surface area contributed by atoms with Crippen LogP contribution in [0.5, 0.6) is 0 Å². The first-order chi connectivity index (χ1) is 12.0. The van der Waals surface area contributed by atoms with Crippen molar-refractivity contribution in [1.82, 2.24) is 4.57 Å². The molecule has 0 unspecified atom stereocenters. The van der Waals surface area contributed by atoms with E-state index < -0.39 is 0 Å². The molecule has 1 heterocycles. The van der Waals surface area contributed by atoms with Gasteiger partial charge in [0.15, 0.2) is 0 Å². The molecule has 0 fully saturated rings. The minimum Gasteiger partial charge on any atom is -0.399 e. The molecule has 0 aliphatic rings. The number of aryl methyl sites for hydroxylation is 1. The number of pyridine rings is 1. The Balaban J connectivity index is 2.32. The molecule has 0 aliphatic heterocycles. The molecule has 25 heavy (non-hydrogen) atoms. The molecule has 0 bridgehead atoms. The summed E-state index contributed by atoms with van der Waals surface area (Å²) in [6.45, 7) is 3.75. The standard InChI is InChI=1S/C21H20N2OS/c1-14(22)18-20(25)17(13-23(2)21(18)24)19(15-9-5-3-6-10-15)16-11-7-4-8-12-16/h3-13,19,25H,1,22H2,2H3. The highest BCUT2D eigenvalue weighted by Gasteiger charge is 2.23. The van der Waals surface area contributed by atoms with Crippen LogP contribution in [-0.2, 0) is 7.05 Å². The second-order valence-electron chi connectivity index (χ2n) is 6.00. The summed E-state index contributed by atoms with van der Waals surface area (Å²) >= 11 is 4.65. The van der Waals surface area contributed by atoms with Crippen LogP contribution in [0, 0.1) is 0 Å². The highest BCUT2D eigenvalue weighted by atomic mass is 32.1. The molecule has 3 rings (SSSR count). The van der Waals surface area contributed by atoms with Crippen molar-refractivity contribution in [2.75, 3.05) is 0 Å². The maximum atomic E-state index is 12.5. The summed E-state index contributed by atoms with van der Waals surface area (Å²) in [5, 5.41) is 0. The third-order valence-electron chi connectivity index (χ3n) is 4.28. The molecule has 4 heteroatoms. The fourth-order valence-corrected chi connectivity index (χ4v) is 3.52. The first-order valence-corrected chi connectivity index (χ1v) is 8.42. The van der Waals surface area contributed by atoms with Gasteiger partial charge in [-0.1, -0.05) is 67.2 Å². The van der Waals surface area contributed by atoms with Crippen LogP contribution in [0.1, 0.15) is 28.2 Å². The molecule has 0 aliphatic carbocycles. The van der Waals surface area contributed by atoms with Crippen molar-refractivity contribution >= 4 is 18.3 Å². The lowest BCUT2D eigenvalue weighted by Gasteiger charge is -2.22. The lowest BCUT2D eigenvalue weighted by molar-refractivity contribution is 0.801. The number of aromatic nitrogens is 1. The Labute approximate surface area is 152 Å². The topological polar surface area (TPSA) is 48.0 Å². The minimum atomic E-state index is -0.193. The summed E-state index contributed by atoms with van der Waals surface area (Å²) in [5.41, 5.74) is 9.43. The third kappa shape index (κ3) is 3.26. The molecule has 2 N–H and O–H groups in total. The van der Waals surface area contributed by atoms with Crippen LogP contribution in [0.25, 0.3) is 5.70 Å². The van der Waals surface area contributed by atoms with Gasteiger partial charge < -0.3 is 10.3 Å². The zero-order valence-electron chi connectivity index (χ0n) is 14.0. The Hall–Kier alpha value is -2.72.